The number of aromatic nitrogens is 1. The van der Waals surface area contributed by atoms with Crippen LogP contribution in [0.3, 0.4) is 0 Å². The minimum Gasteiger partial charge on any atom is -0.473 e. The number of aliphatic hydroxyl groups excluding tert-OH is 1. The van der Waals surface area contributed by atoms with Gasteiger partial charge in [0.2, 0.25) is 0 Å². The Hall–Kier alpha value is -0.610. The summed E-state index contributed by atoms with van der Waals surface area (Å²) in [7, 11) is 1.56. The van der Waals surface area contributed by atoms with Crippen molar-refractivity contribution < 1.29 is 9.84 Å². The van der Waals surface area contributed by atoms with Crippen molar-refractivity contribution in [2.24, 2.45) is 0 Å². The van der Waals surface area contributed by atoms with E-state index in [4.69, 9.17) is 9.84 Å². The van der Waals surface area contributed by atoms with Crippen molar-refractivity contribution >= 4 is 11.3 Å². The Bertz CT molecular complexity index is 209. The second-order valence-corrected chi connectivity index (χ2v) is 2.93. The molecule has 0 spiro atoms. The van der Waals surface area contributed by atoms with Gasteiger partial charge in [0.1, 0.15) is 0 Å². The first-order valence-corrected chi connectivity index (χ1v) is 3.73. The van der Waals surface area contributed by atoms with E-state index >= 15 is 0 Å². The molecule has 10 heavy (non-hydrogen) atoms. The summed E-state index contributed by atoms with van der Waals surface area (Å²) in [6, 6.07) is 0. The Kier molecular flexibility index (Phi) is 2.24. The molecule has 0 saturated heterocycles. The highest BCUT2D eigenvalue weighted by atomic mass is 32.1. The zero-order chi connectivity index (χ0) is 7.56. The van der Waals surface area contributed by atoms with Gasteiger partial charge in [-0.15, -0.1) is 0 Å². The third-order valence-electron chi connectivity index (χ3n) is 1.09. The topological polar surface area (TPSA) is 42.4 Å². The molecule has 0 aromatic carbocycles. The average molecular weight is 159 g/mol. The fourth-order valence-corrected chi connectivity index (χ4v) is 1.22. The predicted molar refractivity (Wildman–Crippen MR) is 39.3 cm³/mol. The Morgan fingerprint density at radius 2 is 2.50 bits per heavy atom. The van der Waals surface area contributed by atoms with E-state index in [1.54, 1.807) is 20.2 Å². The Balaban J connectivity index is 2.78. The fraction of sp³-hybridized carbons (Fsp3) is 0.500. The van der Waals surface area contributed by atoms with Gasteiger partial charge in [-0.3, -0.25) is 0 Å². The van der Waals surface area contributed by atoms with Crippen LogP contribution in [0.2, 0.25) is 0 Å². The normalized spacial score (nSPS) is 13.1. The highest BCUT2D eigenvalue weighted by Crippen LogP contribution is 2.24. The van der Waals surface area contributed by atoms with Crippen LogP contribution in [0.5, 0.6) is 5.19 Å². The van der Waals surface area contributed by atoms with Crippen molar-refractivity contribution in [2.75, 3.05) is 7.11 Å². The van der Waals surface area contributed by atoms with Gasteiger partial charge in [-0.2, -0.15) is 0 Å². The van der Waals surface area contributed by atoms with Gasteiger partial charge in [0.15, 0.2) is 0 Å². The molecule has 1 heterocycles. The summed E-state index contributed by atoms with van der Waals surface area (Å²) in [6.07, 6.45) is 1.18. The van der Waals surface area contributed by atoms with Crippen LogP contribution in [-0.4, -0.2) is 17.2 Å². The summed E-state index contributed by atoms with van der Waals surface area (Å²) >= 11 is 1.36. The van der Waals surface area contributed by atoms with Gasteiger partial charge < -0.3 is 9.84 Å². The van der Waals surface area contributed by atoms with Crippen LogP contribution < -0.4 is 4.74 Å². The van der Waals surface area contributed by atoms with Crippen molar-refractivity contribution in [1.29, 1.82) is 0 Å². The van der Waals surface area contributed by atoms with Gasteiger partial charge in [0.25, 0.3) is 5.19 Å². The van der Waals surface area contributed by atoms with Crippen LogP contribution in [0.25, 0.3) is 0 Å². The smallest absolute Gasteiger partial charge is 0.273 e. The van der Waals surface area contributed by atoms with Gasteiger partial charge in [-0.25, -0.2) is 4.98 Å². The zero-order valence-electron chi connectivity index (χ0n) is 5.87. The summed E-state index contributed by atoms with van der Waals surface area (Å²) in [5, 5.41) is 9.64. The second kappa shape index (κ2) is 2.98. The molecule has 1 N–H and O–H groups in total. The van der Waals surface area contributed by atoms with Crippen LogP contribution in [0.1, 0.15) is 17.9 Å². The van der Waals surface area contributed by atoms with Crippen molar-refractivity contribution in [3.63, 3.8) is 0 Å². The number of rotatable bonds is 2. The van der Waals surface area contributed by atoms with E-state index in [0.717, 1.165) is 4.88 Å². The minimum absolute atomic E-state index is 0.443. The number of nitrogens with zero attached hydrogens (tertiary/aromatic N) is 1. The maximum absolute atomic E-state index is 9.05. The number of ether oxygens (including phenoxy) is 1. The van der Waals surface area contributed by atoms with E-state index in [2.05, 4.69) is 4.98 Å². The number of thiazole rings is 1. The first-order chi connectivity index (χ1) is 4.74. The molecule has 1 rings (SSSR count). The number of methoxy groups -OCH3 is 1. The Labute approximate surface area is 63.3 Å². The van der Waals surface area contributed by atoms with Crippen LogP contribution in [0.15, 0.2) is 6.20 Å². The maximum atomic E-state index is 9.05. The van der Waals surface area contributed by atoms with Gasteiger partial charge in [0, 0.05) is 6.20 Å². The van der Waals surface area contributed by atoms with Crippen molar-refractivity contribution in [2.45, 2.75) is 13.0 Å². The van der Waals surface area contributed by atoms with E-state index in [9.17, 15) is 0 Å². The molecule has 0 fully saturated rings. The van der Waals surface area contributed by atoms with Gasteiger partial charge in [-0.1, -0.05) is 11.3 Å². The predicted octanol–water partition coefficient (Wildman–Crippen LogP) is 1.20. The lowest BCUT2D eigenvalue weighted by atomic mass is 10.4. The lowest BCUT2D eigenvalue weighted by molar-refractivity contribution is 0.203. The third kappa shape index (κ3) is 1.46. The van der Waals surface area contributed by atoms with Crippen LogP contribution >= 0.6 is 11.3 Å². The van der Waals surface area contributed by atoms with Crippen molar-refractivity contribution in [1.82, 2.24) is 4.98 Å². The van der Waals surface area contributed by atoms with Crippen LogP contribution in [-0.2, 0) is 0 Å². The Morgan fingerprint density at radius 3 is 2.80 bits per heavy atom. The summed E-state index contributed by atoms with van der Waals surface area (Å²) in [4.78, 5) is 4.72. The number of hydrogen-bond donors (Lipinski definition) is 1. The molecule has 4 heteroatoms. The van der Waals surface area contributed by atoms with Crippen molar-refractivity contribution in [3.8, 4) is 5.19 Å². The van der Waals surface area contributed by atoms with E-state index in [1.165, 1.54) is 11.3 Å². The zero-order valence-corrected chi connectivity index (χ0v) is 6.68. The summed E-state index contributed by atoms with van der Waals surface area (Å²) in [5.41, 5.74) is 0. The molecule has 1 aromatic rings. The molecule has 1 unspecified atom stereocenters. The van der Waals surface area contributed by atoms with E-state index in [0.29, 0.717) is 5.19 Å². The molecule has 56 valence electrons. The monoisotopic (exact) mass is 159 g/mol. The number of hydrogen-bond acceptors (Lipinski definition) is 4. The number of aliphatic hydroxyl groups is 1. The highest BCUT2D eigenvalue weighted by molar-refractivity contribution is 7.13. The molecule has 0 radical (unpaired) electrons. The summed E-state index contributed by atoms with van der Waals surface area (Å²) in [5.74, 6) is 0. The lowest BCUT2D eigenvalue weighted by Gasteiger charge is -1.94. The molecule has 3 nitrogen and oxygen atoms in total. The summed E-state index contributed by atoms with van der Waals surface area (Å²) in [6.45, 7) is 1.70. The van der Waals surface area contributed by atoms with Gasteiger partial charge in [-0.05, 0) is 6.92 Å². The van der Waals surface area contributed by atoms with Crippen molar-refractivity contribution in [3.05, 3.63) is 11.1 Å². The molecule has 0 amide bonds. The maximum Gasteiger partial charge on any atom is 0.273 e. The molecular formula is C6H9NO2S. The average Bonchev–Trinajstić information content (AvgIpc) is 2.34. The molecule has 1 aromatic heterocycles. The SMILES string of the molecule is COc1ncc(C(C)O)s1. The van der Waals surface area contributed by atoms with E-state index in [1.807, 2.05) is 0 Å². The van der Waals surface area contributed by atoms with Gasteiger partial charge >= 0.3 is 0 Å². The second-order valence-electron chi connectivity index (χ2n) is 1.91. The first-order valence-electron chi connectivity index (χ1n) is 2.92. The lowest BCUT2D eigenvalue weighted by Crippen LogP contribution is -1.83. The molecule has 0 aliphatic rings. The molecular weight excluding hydrogens is 150 g/mol. The molecule has 0 bridgehead atoms. The highest BCUT2D eigenvalue weighted by Gasteiger charge is 2.05. The molecule has 0 saturated carbocycles. The molecule has 1 atom stereocenters. The molecule has 0 aliphatic carbocycles. The van der Waals surface area contributed by atoms with E-state index in [-0.39, 0.29) is 0 Å². The quantitative estimate of drug-likeness (QED) is 0.705. The first kappa shape index (κ1) is 7.50. The standard InChI is InChI=1S/C6H9NO2S/c1-4(8)5-3-7-6(9-2)10-5/h3-4,8H,1-2H3. The largest absolute Gasteiger partial charge is 0.473 e. The van der Waals surface area contributed by atoms with Gasteiger partial charge in [0.05, 0.1) is 18.1 Å². The van der Waals surface area contributed by atoms with Crippen LogP contribution in [0.4, 0.5) is 0 Å². The summed E-state index contributed by atoms with van der Waals surface area (Å²) < 4.78 is 4.84. The molecule has 0 aliphatic heterocycles. The third-order valence-corrected chi connectivity index (χ3v) is 2.22. The minimum atomic E-state index is -0.443. The Morgan fingerprint density at radius 1 is 1.80 bits per heavy atom. The van der Waals surface area contributed by atoms with E-state index < -0.39 is 6.10 Å². The fourth-order valence-electron chi connectivity index (χ4n) is 0.557. The van der Waals surface area contributed by atoms with Crippen LogP contribution in [0, 0.1) is 0 Å².